The van der Waals surface area contributed by atoms with E-state index in [1.165, 1.54) is 13.3 Å². The molecule has 112 valence electrons. The van der Waals surface area contributed by atoms with E-state index in [1.807, 2.05) is 0 Å². The lowest BCUT2D eigenvalue weighted by atomic mass is 9.51. The predicted octanol–water partition coefficient (Wildman–Crippen LogP) is 1.01. The third-order valence-electron chi connectivity index (χ3n) is 5.58. The fourth-order valence-electron chi connectivity index (χ4n) is 4.99. The molecule has 2 atom stereocenters. The summed E-state index contributed by atoms with van der Waals surface area (Å²) in [5.41, 5.74) is 0. The lowest BCUT2D eigenvalue weighted by molar-refractivity contribution is -0.149. The van der Waals surface area contributed by atoms with Crippen molar-refractivity contribution in [2.75, 3.05) is 0 Å². The minimum Gasteiger partial charge on any atom is -0.480 e. The van der Waals surface area contributed by atoms with Gasteiger partial charge in [-0.05, 0) is 62.7 Å². The molecule has 20 heavy (non-hydrogen) atoms. The van der Waals surface area contributed by atoms with E-state index >= 15 is 0 Å². The zero-order valence-corrected chi connectivity index (χ0v) is 11.8. The largest absolute Gasteiger partial charge is 0.480 e. The molecule has 0 spiro atoms. The molecule has 4 bridgehead atoms. The van der Waals surface area contributed by atoms with Gasteiger partial charge in [-0.25, -0.2) is 4.79 Å². The van der Waals surface area contributed by atoms with Crippen LogP contribution in [0.2, 0.25) is 0 Å². The Morgan fingerprint density at radius 1 is 1.05 bits per heavy atom. The van der Waals surface area contributed by atoms with E-state index in [1.54, 1.807) is 0 Å². The first kappa shape index (κ1) is 13.9. The predicted molar refractivity (Wildman–Crippen MR) is 71.8 cm³/mol. The molecule has 5 heteroatoms. The molecule has 4 aliphatic carbocycles. The van der Waals surface area contributed by atoms with E-state index in [-0.39, 0.29) is 11.8 Å². The summed E-state index contributed by atoms with van der Waals surface area (Å²) in [6.45, 7) is 1.40. The van der Waals surface area contributed by atoms with Crippen LogP contribution in [0.1, 0.15) is 39.0 Å². The highest BCUT2D eigenvalue weighted by molar-refractivity contribution is 5.85. The highest BCUT2D eigenvalue weighted by Gasteiger charge is 2.51. The van der Waals surface area contributed by atoms with Crippen LogP contribution in [-0.2, 0) is 9.59 Å². The molecule has 1 amide bonds. The zero-order valence-electron chi connectivity index (χ0n) is 11.8. The van der Waals surface area contributed by atoms with Crippen LogP contribution in [0.15, 0.2) is 0 Å². The van der Waals surface area contributed by atoms with Crippen LogP contribution < -0.4 is 5.32 Å². The summed E-state index contributed by atoms with van der Waals surface area (Å²) in [7, 11) is 0. The molecule has 2 unspecified atom stereocenters. The number of hydrogen-bond donors (Lipinski definition) is 3. The zero-order chi connectivity index (χ0) is 14.4. The monoisotopic (exact) mass is 281 g/mol. The minimum absolute atomic E-state index is 0.0385. The van der Waals surface area contributed by atoms with Crippen LogP contribution in [0, 0.1) is 29.6 Å². The summed E-state index contributed by atoms with van der Waals surface area (Å²) in [5, 5.41) is 21.1. The summed E-state index contributed by atoms with van der Waals surface area (Å²) in [6.07, 6.45) is 4.74. The van der Waals surface area contributed by atoms with Crippen molar-refractivity contribution in [1.29, 1.82) is 0 Å². The first-order valence-electron chi connectivity index (χ1n) is 7.67. The van der Waals surface area contributed by atoms with Crippen molar-refractivity contribution >= 4 is 11.9 Å². The highest BCUT2D eigenvalue weighted by atomic mass is 16.4. The van der Waals surface area contributed by atoms with Crippen molar-refractivity contribution < 1.29 is 19.8 Å². The average molecular weight is 281 g/mol. The standard InChI is InChI=1S/C15H23NO4/c1-7(17)13(15(19)20)16-14(18)12-10-3-8-2-9(5-10)6-11(12)4-8/h7-13,17H,2-6H2,1H3,(H,16,18)(H,19,20). The molecule has 0 aromatic rings. The number of aliphatic hydroxyl groups excluding tert-OH is 1. The Balaban J connectivity index is 1.70. The van der Waals surface area contributed by atoms with Gasteiger partial charge in [0.1, 0.15) is 0 Å². The molecule has 0 radical (unpaired) electrons. The van der Waals surface area contributed by atoms with Gasteiger partial charge in [0.2, 0.25) is 5.91 Å². The van der Waals surface area contributed by atoms with Crippen LogP contribution in [0.3, 0.4) is 0 Å². The number of carbonyl (C=O) groups excluding carboxylic acids is 1. The Labute approximate surface area is 118 Å². The Morgan fingerprint density at radius 3 is 1.95 bits per heavy atom. The van der Waals surface area contributed by atoms with Gasteiger partial charge in [0.15, 0.2) is 6.04 Å². The Morgan fingerprint density at radius 2 is 1.55 bits per heavy atom. The number of carboxylic acid groups (broad SMARTS) is 1. The summed E-state index contributed by atoms with van der Waals surface area (Å²) in [4.78, 5) is 23.6. The Bertz CT molecular complexity index is 392. The van der Waals surface area contributed by atoms with E-state index in [4.69, 9.17) is 5.11 Å². The number of carbonyl (C=O) groups is 2. The number of aliphatic carboxylic acids is 1. The number of nitrogens with one attached hydrogen (secondary N) is 1. The van der Waals surface area contributed by atoms with Crippen LogP contribution in [0.25, 0.3) is 0 Å². The van der Waals surface area contributed by atoms with Crippen LogP contribution in [0.4, 0.5) is 0 Å². The molecule has 5 nitrogen and oxygen atoms in total. The van der Waals surface area contributed by atoms with Crippen molar-refractivity contribution in [3.05, 3.63) is 0 Å². The van der Waals surface area contributed by atoms with Gasteiger partial charge in [-0.1, -0.05) is 0 Å². The third-order valence-corrected chi connectivity index (χ3v) is 5.58. The smallest absolute Gasteiger partial charge is 0.328 e. The normalized spacial score (nSPS) is 41.2. The molecule has 0 aromatic heterocycles. The van der Waals surface area contributed by atoms with Gasteiger partial charge in [-0.15, -0.1) is 0 Å². The number of carboxylic acids is 1. The van der Waals surface area contributed by atoms with Gasteiger partial charge in [-0.2, -0.15) is 0 Å². The molecule has 4 aliphatic rings. The van der Waals surface area contributed by atoms with Crippen molar-refractivity contribution in [3.63, 3.8) is 0 Å². The molecule has 0 saturated heterocycles. The molecule has 4 saturated carbocycles. The van der Waals surface area contributed by atoms with E-state index in [9.17, 15) is 14.7 Å². The van der Waals surface area contributed by atoms with Gasteiger partial charge >= 0.3 is 5.97 Å². The molecule has 3 N–H and O–H groups in total. The van der Waals surface area contributed by atoms with Crippen molar-refractivity contribution in [2.24, 2.45) is 29.6 Å². The number of hydrogen-bond acceptors (Lipinski definition) is 3. The second-order valence-electron chi connectivity index (χ2n) is 7.02. The first-order chi connectivity index (χ1) is 9.45. The second kappa shape index (κ2) is 5.02. The van der Waals surface area contributed by atoms with Gasteiger partial charge in [0.05, 0.1) is 6.10 Å². The highest BCUT2D eigenvalue weighted by Crippen LogP contribution is 2.56. The van der Waals surface area contributed by atoms with Crippen LogP contribution in [-0.4, -0.2) is 34.2 Å². The van der Waals surface area contributed by atoms with E-state index < -0.39 is 18.1 Å². The lowest BCUT2D eigenvalue weighted by Crippen LogP contribution is -2.55. The molecule has 0 aliphatic heterocycles. The van der Waals surface area contributed by atoms with Gasteiger partial charge in [0, 0.05) is 5.92 Å². The van der Waals surface area contributed by atoms with Crippen LogP contribution in [0.5, 0.6) is 0 Å². The number of aliphatic hydroxyl groups is 1. The van der Waals surface area contributed by atoms with Crippen molar-refractivity contribution in [1.82, 2.24) is 5.32 Å². The van der Waals surface area contributed by atoms with E-state index in [0.717, 1.165) is 37.5 Å². The van der Waals surface area contributed by atoms with Gasteiger partial charge in [-0.3, -0.25) is 4.79 Å². The maximum absolute atomic E-state index is 12.5. The molecule has 4 fully saturated rings. The fourth-order valence-corrected chi connectivity index (χ4v) is 4.99. The summed E-state index contributed by atoms with van der Waals surface area (Å²) in [5.74, 6) is 1.05. The summed E-state index contributed by atoms with van der Waals surface area (Å²) >= 11 is 0. The second-order valence-corrected chi connectivity index (χ2v) is 7.02. The van der Waals surface area contributed by atoms with Gasteiger partial charge < -0.3 is 15.5 Å². The average Bonchev–Trinajstić information content (AvgIpc) is 2.33. The van der Waals surface area contributed by atoms with Crippen molar-refractivity contribution in [2.45, 2.75) is 51.2 Å². The topological polar surface area (TPSA) is 86.6 Å². The molecular formula is C15H23NO4. The quantitative estimate of drug-likeness (QED) is 0.717. The number of rotatable bonds is 4. The summed E-state index contributed by atoms with van der Waals surface area (Å²) in [6, 6.07) is -1.19. The first-order valence-corrected chi connectivity index (χ1v) is 7.67. The van der Waals surface area contributed by atoms with Crippen molar-refractivity contribution in [3.8, 4) is 0 Å². The Hall–Kier alpha value is -1.10. The SMILES string of the molecule is CC(O)C(NC(=O)C1C2CC3CC(C2)CC1C3)C(=O)O. The molecule has 0 aromatic carbocycles. The molecule has 4 rings (SSSR count). The van der Waals surface area contributed by atoms with Gasteiger partial charge in [0.25, 0.3) is 0 Å². The molecule has 0 heterocycles. The third kappa shape index (κ3) is 2.32. The Kier molecular flexibility index (Phi) is 3.48. The fraction of sp³-hybridized carbons (Fsp3) is 0.867. The summed E-state index contributed by atoms with van der Waals surface area (Å²) < 4.78 is 0. The molecular weight excluding hydrogens is 258 g/mol. The maximum Gasteiger partial charge on any atom is 0.328 e. The lowest BCUT2D eigenvalue weighted by Gasteiger charge is -2.53. The van der Waals surface area contributed by atoms with E-state index in [0.29, 0.717) is 11.8 Å². The number of amides is 1. The minimum atomic E-state index is -1.19. The van der Waals surface area contributed by atoms with E-state index in [2.05, 4.69) is 5.32 Å². The van der Waals surface area contributed by atoms with Crippen LogP contribution >= 0.6 is 0 Å². The maximum atomic E-state index is 12.5.